The fraction of sp³-hybridized carbons (Fsp3) is 0.857. The SMILES string of the molecule is CCOC(=O)C1NNC(SC)NC1Cl. The van der Waals surface area contributed by atoms with Gasteiger partial charge in [-0.3, -0.25) is 10.1 Å². The lowest BCUT2D eigenvalue weighted by molar-refractivity contribution is -0.146. The van der Waals surface area contributed by atoms with E-state index >= 15 is 0 Å². The Labute approximate surface area is 92.2 Å². The minimum Gasteiger partial charge on any atom is -0.465 e. The van der Waals surface area contributed by atoms with Gasteiger partial charge in [-0.05, 0) is 13.2 Å². The van der Waals surface area contributed by atoms with Crippen LogP contribution in [0.5, 0.6) is 0 Å². The zero-order valence-electron chi connectivity index (χ0n) is 8.04. The molecule has 3 unspecified atom stereocenters. The van der Waals surface area contributed by atoms with E-state index in [9.17, 15) is 4.79 Å². The summed E-state index contributed by atoms with van der Waals surface area (Å²) < 4.78 is 4.85. The summed E-state index contributed by atoms with van der Waals surface area (Å²) in [6, 6.07) is -0.556. The van der Waals surface area contributed by atoms with Crippen LogP contribution in [0.2, 0.25) is 0 Å². The second kappa shape index (κ2) is 5.77. The van der Waals surface area contributed by atoms with Crippen molar-refractivity contribution in [2.24, 2.45) is 0 Å². The molecule has 7 heteroatoms. The summed E-state index contributed by atoms with van der Waals surface area (Å²) in [6.07, 6.45) is 1.93. The predicted octanol–water partition coefficient (Wildman–Crippen LogP) is -0.173. The maximum absolute atomic E-state index is 11.3. The first-order valence-corrected chi connectivity index (χ1v) is 6.02. The van der Waals surface area contributed by atoms with Crippen molar-refractivity contribution in [1.82, 2.24) is 16.2 Å². The Balaban J connectivity index is 2.45. The normalized spacial score (nSPS) is 32.6. The van der Waals surface area contributed by atoms with Crippen molar-refractivity contribution in [1.29, 1.82) is 0 Å². The van der Waals surface area contributed by atoms with Gasteiger partial charge in [-0.1, -0.05) is 0 Å². The molecule has 0 bridgehead atoms. The summed E-state index contributed by atoms with van der Waals surface area (Å²) in [4.78, 5) is 11.3. The van der Waals surface area contributed by atoms with Crippen LogP contribution in [0.4, 0.5) is 0 Å². The molecule has 0 aromatic heterocycles. The Kier molecular flexibility index (Phi) is 4.97. The van der Waals surface area contributed by atoms with E-state index in [4.69, 9.17) is 16.3 Å². The Morgan fingerprint density at radius 1 is 1.57 bits per heavy atom. The second-order valence-electron chi connectivity index (χ2n) is 2.70. The van der Waals surface area contributed by atoms with Crippen LogP contribution in [-0.4, -0.2) is 35.9 Å². The van der Waals surface area contributed by atoms with Crippen LogP contribution in [0, 0.1) is 0 Å². The van der Waals surface area contributed by atoms with E-state index < -0.39 is 11.5 Å². The summed E-state index contributed by atoms with van der Waals surface area (Å²) >= 11 is 7.51. The molecule has 1 aliphatic rings. The number of halogens is 1. The number of hydrazine groups is 1. The average molecular weight is 240 g/mol. The average Bonchev–Trinajstić information content (AvgIpc) is 2.17. The zero-order chi connectivity index (χ0) is 10.6. The van der Waals surface area contributed by atoms with Crippen LogP contribution in [0.15, 0.2) is 0 Å². The highest BCUT2D eigenvalue weighted by Gasteiger charge is 2.33. The Morgan fingerprint density at radius 3 is 2.79 bits per heavy atom. The number of hydrogen-bond acceptors (Lipinski definition) is 6. The predicted molar refractivity (Wildman–Crippen MR) is 56.8 cm³/mol. The number of thioether (sulfide) groups is 1. The molecule has 1 saturated heterocycles. The maximum Gasteiger partial charge on any atom is 0.327 e. The zero-order valence-corrected chi connectivity index (χ0v) is 9.61. The van der Waals surface area contributed by atoms with Gasteiger partial charge in [-0.2, -0.15) is 0 Å². The summed E-state index contributed by atoms with van der Waals surface area (Å²) in [5.41, 5.74) is 5.26. The maximum atomic E-state index is 11.3. The van der Waals surface area contributed by atoms with Gasteiger partial charge in [0.2, 0.25) is 0 Å². The molecule has 3 N–H and O–H groups in total. The van der Waals surface area contributed by atoms with Gasteiger partial charge in [0, 0.05) is 0 Å². The number of alkyl halides is 1. The molecule has 0 aromatic rings. The van der Waals surface area contributed by atoms with Gasteiger partial charge < -0.3 is 4.74 Å². The number of esters is 1. The molecule has 82 valence electrons. The largest absolute Gasteiger partial charge is 0.465 e. The van der Waals surface area contributed by atoms with Gasteiger partial charge >= 0.3 is 5.97 Å². The lowest BCUT2D eigenvalue weighted by atomic mass is 10.3. The van der Waals surface area contributed by atoms with Crippen molar-refractivity contribution in [3.05, 3.63) is 0 Å². The Morgan fingerprint density at radius 2 is 2.29 bits per heavy atom. The molecule has 0 spiro atoms. The first kappa shape index (κ1) is 12.1. The van der Waals surface area contributed by atoms with Crippen molar-refractivity contribution in [2.45, 2.75) is 24.0 Å². The smallest absolute Gasteiger partial charge is 0.327 e. The standard InChI is InChI=1S/C7H14ClN3O2S/c1-3-13-6(12)4-5(8)9-7(14-2)11-10-4/h4-5,7,9-11H,3H2,1-2H3. The Bertz CT molecular complexity index is 207. The lowest BCUT2D eigenvalue weighted by Crippen LogP contribution is -2.66. The number of rotatable bonds is 3. The highest BCUT2D eigenvalue weighted by atomic mass is 35.5. The lowest BCUT2D eigenvalue weighted by Gasteiger charge is -2.33. The van der Waals surface area contributed by atoms with E-state index in [0.29, 0.717) is 6.61 Å². The summed E-state index contributed by atoms with van der Waals surface area (Å²) in [5.74, 6) is -0.355. The molecule has 0 aromatic carbocycles. The van der Waals surface area contributed by atoms with Gasteiger partial charge in [0.05, 0.1) is 6.61 Å². The van der Waals surface area contributed by atoms with Crippen LogP contribution in [0.1, 0.15) is 6.92 Å². The topological polar surface area (TPSA) is 62.4 Å². The minimum absolute atomic E-state index is 0.00294. The third kappa shape index (κ3) is 2.99. The Hall–Kier alpha value is -0.0100. The van der Waals surface area contributed by atoms with Crippen LogP contribution < -0.4 is 16.2 Å². The molecule has 14 heavy (non-hydrogen) atoms. The third-order valence-electron chi connectivity index (χ3n) is 1.75. The van der Waals surface area contributed by atoms with E-state index in [1.807, 2.05) is 6.26 Å². The van der Waals surface area contributed by atoms with Crippen LogP contribution in [-0.2, 0) is 9.53 Å². The van der Waals surface area contributed by atoms with Crippen LogP contribution in [0.25, 0.3) is 0 Å². The van der Waals surface area contributed by atoms with E-state index in [1.165, 1.54) is 0 Å². The number of carbonyl (C=O) groups excluding carboxylic acids is 1. The van der Waals surface area contributed by atoms with E-state index in [2.05, 4.69) is 16.2 Å². The van der Waals surface area contributed by atoms with Gasteiger partial charge in [0.1, 0.15) is 17.0 Å². The molecule has 3 atom stereocenters. The highest BCUT2D eigenvalue weighted by molar-refractivity contribution is 7.99. The van der Waals surface area contributed by atoms with Crippen LogP contribution >= 0.6 is 23.4 Å². The molecule has 0 amide bonds. The number of ether oxygens (including phenoxy) is 1. The first-order valence-electron chi connectivity index (χ1n) is 4.29. The fourth-order valence-corrected chi connectivity index (χ4v) is 1.89. The summed E-state index contributed by atoms with van der Waals surface area (Å²) in [7, 11) is 0. The number of carbonyl (C=O) groups is 1. The summed E-state index contributed by atoms with van der Waals surface area (Å²) in [6.45, 7) is 2.11. The van der Waals surface area contributed by atoms with Crippen molar-refractivity contribution in [3.8, 4) is 0 Å². The van der Waals surface area contributed by atoms with Crippen molar-refractivity contribution < 1.29 is 9.53 Å². The van der Waals surface area contributed by atoms with Crippen molar-refractivity contribution in [3.63, 3.8) is 0 Å². The summed E-state index contributed by atoms with van der Waals surface area (Å²) in [5, 5.41) is 3.01. The molecular formula is C7H14ClN3O2S. The molecule has 5 nitrogen and oxygen atoms in total. The molecule has 0 aliphatic carbocycles. The molecule has 1 rings (SSSR count). The van der Waals surface area contributed by atoms with Crippen molar-refractivity contribution in [2.75, 3.05) is 12.9 Å². The second-order valence-corrected chi connectivity index (χ2v) is 4.12. The first-order chi connectivity index (χ1) is 6.69. The fourth-order valence-electron chi connectivity index (χ4n) is 1.06. The van der Waals surface area contributed by atoms with E-state index in [-0.39, 0.29) is 11.5 Å². The molecular weight excluding hydrogens is 226 g/mol. The minimum atomic E-state index is -0.556. The molecule has 1 aliphatic heterocycles. The van der Waals surface area contributed by atoms with Gasteiger partial charge in [0.25, 0.3) is 0 Å². The molecule has 0 radical (unpaired) electrons. The van der Waals surface area contributed by atoms with Gasteiger partial charge in [0.15, 0.2) is 0 Å². The molecule has 1 heterocycles. The molecule has 1 fully saturated rings. The quantitative estimate of drug-likeness (QED) is 0.361. The number of hydrogen-bond donors (Lipinski definition) is 3. The van der Waals surface area contributed by atoms with Crippen LogP contribution in [0.3, 0.4) is 0 Å². The van der Waals surface area contributed by atoms with Crippen molar-refractivity contribution >= 4 is 29.3 Å². The monoisotopic (exact) mass is 239 g/mol. The van der Waals surface area contributed by atoms with E-state index in [1.54, 1.807) is 18.7 Å². The highest BCUT2D eigenvalue weighted by Crippen LogP contribution is 2.10. The van der Waals surface area contributed by atoms with Gasteiger partial charge in [-0.25, -0.2) is 10.9 Å². The molecule has 0 saturated carbocycles. The number of nitrogens with one attached hydrogen (secondary N) is 3. The van der Waals surface area contributed by atoms with Gasteiger partial charge in [-0.15, -0.1) is 23.4 Å². The third-order valence-corrected chi connectivity index (χ3v) is 2.85. The van der Waals surface area contributed by atoms with E-state index in [0.717, 1.165) is 0 Å².